The highest BCUT2D eigenvalue weighted by Gasteiger charge is 2.15. The van der Waals surface area contributed by atoms with Gasteiger partial charge in [0.25, 0.3) is 5.69 Å². The molecule has 0 radical (unpaired) electrons. The van der Waals surface area contributed by atoms with Gasteiger partial charge in [-0.2, -0.15) is 11.8 Å². The number of nitrogens with zero attached hydrogens (tertiary/aromatic N) is 1. The Balaban J connectivity index is 1.85. The Hall–Kier alpha value is -1.32. The number of nitro benzene ring substituents is 1. The van der Waals surface area contributed by atoms with E-state index in [4.69, 9.17) is 23.2 Å². The summed E-state index contributed by atoms with van der Waals surface area (Å²) in [6, 6.07) is 9.98. The van der Waals surface area contributed by atoms with E-state index in [1.165, 1.54) is 23.9 Å². The van der Waals surface area contributed by atoms with Gasteiger partial charge in [0.2, 0.25) is 10.0 Å². The lowest BCUT2D eigenvalue weighted by molar-refractivity contribution is -0.384. The lowest BCUT2D eigenvalue weighted by Gasteiger charge is -2.08. The van der Waals surface area contributed by atoms with E-state index in [0.717, 1.165) is 17.7 Å². The van der Waals surface area contributed by atoms with Crippen molar-refractivity contribution in [2.75, 3.05) is 12.3 Å². The van der Waals surface area contributed by atoms with Crippen LogP contribution in [0, 0.1) is 10.1 Å². The fraction of sp³-hybridized carbons (Fsp3) is 0.200. The Morgan fingerprint density at radius 3 is 2.24 bits per heavy atom. The zero-order valence-corrected chi connectivity index (χ0v) is 16.0. The van der Waals surface area contributed by atoms with E-state index in [0.29, 0.717) is 21.6 Å². The maximum atomic E-state index is 12.1. The quantitative estimate of drug-likeness (QED) is 0.394. The van der Waals surface area contributed by atoms with Crippen LogP contribution in [-0.2, 0) is 15.8 Å². The van der Waals surface area contributed by atoms with Gasteiger partial charge in [-0.05, 0) is 29.8 Å². The van der Waals surface area contributed by atoms with Crippen LogP contribution in [0.5, 0.6) is 0 Å². The van der Waals surface area contributed by atoms with Gasteiger partial charge >= 0.3 is 0 Å². The van der Waals surface area contributed by atoms with Gasteiger partial charge in [0, 0.05) is 40.2 Å². The predicted molar refractivity (Wildman–Crippen MR) is 101 cm³/mol. The SMILES string of the molecule is O=[N+]([O-])c1ccc(S(=O)(=O)NCCSCc2c(Cl)cccc2Cl)cc1. The first kappa shape index (κ1) is 20.0. The largest absolute Gasteiger partial charge is 0.269 e. The normalized spacial score (nSPS) is 11.4. The van der Waals surface area contributed by atoms with Crippen molar-refractivity contribution in [2.24, 2.45) is 0 Å². The monoisotopic (exact) mass is 420 g/mol. The molecule has 0 aromatic heterocycles. The summed E-state index contributed by atoms with van der Waals surface area (Å²) in [5.41, 5.74) is 0.653. The minimum absolute atomic E-state index is 0.0164. The Kier molecular flexibility index (Phi) is 7.09. The summed E-state index contributed by atoms with van der Waals surface area (Å²) in [6.45, 7) is 0.214. The molecule has 0 unspecified atom stereocenters. The van der Waals surface area contributed by atoms with Gasteiger partial charge in [-0.3, -0.25) is 10.1 Å². The molecule has 0 saturated carbocycles. The van der Waals surface area contributed by atoms with E-state index in [2.05, 4.69) is 4.72 Å². The highest BCUT2D eigenvalue weighted by atomic mass is 35.5. The first-order valence-electron chi connectivity index (χ1n) is 7.06. The molecule has 0 heterocycles. The second-order valence-electron chi connectivity index (χ2n) is 4.90. The predicted octanol–water partition coefficient (Wildman–Crippen LogP) is 4.11. The van der Waals surface area contributed by atoms with Gasteiger partial charge in [0.15, 0.2) is 0 Å². The molecule has 2 aromatic carbocycles. The van der Waals surface area contributed by atoms with Gasteiger partial charge in [-0.25, -0.2) is 13.1 Å². The lowest BCUT2D eigenvalue weighted by Crippen LogP contribution is -2.26. The Bertz CT molecular complexity index is 838. The van der Waals surface area contributed by atoms with Crippen molar-refractivity contribution >= 4 is 50.7 Å². The highest BCUT2D eigenvalue weighted by Crippen LogP contribution is 2.28. The van der Waals surface area contributed by atoms with E-state index in [1.54, 1.807) is 18.2 Å². The van der Waals surface area contributed by atoms with Gasteiger partial charge in [0.05, 0.1) is 9.82 Å². The number of non-ortho nitro benzene ring substituents is 1. The number of nitrogens with one attached hydrogen (secondary N) is 1. The van der Waals surface area contributed by atoms with E-state index >= 15 is 0 Å². The molecule has 0 aliphatic carbocycles. The molecule has 0 aliphatic heterocycles. The third-order valence-electron chi connectivity index (χ3n) is 3.20. The van der Waals surface area contributed by atoms with Gasteiger partial charge in [-0.1, -0.05) is 29.3 Å². The summed E-state index contributed by atoms with van der Waals surface area (Å²) >= 11 is 13.6. The average molecular weight is 421 g/mol. The van der Waals surface area contributed by atoms with Crippen LogP contribution in [0.1, 0.15) is 5.56 Å². The molecule has 2 aromatic rings. The molecule has 0 atom stereocenters. The Morgan fingerprint density at radius 1 is 1.08 bits per heavy atom. The van der Waals surface area contributed by atoms with Crippen molar-refractivity contribution in [3.8, 4) is 0 Å². The van der Waals surface area contributed by atoms with Gasteiger partial charge in [0.1, 0.15) is 0 Å². The number of hydrogen-bond acceptors (Lipinski definition) is 5. The molecule has 0 amide bonds. The molecule has 0 spiro atoms. The molecule has 25 heavy (non-hydrogen) atoms. The number of hydrogen-bond donors (Lipinski definition) is 1. The number of benzene rings is 2. The number of rotatable bonds is 8. The second-order valence-corrected chi connectivity index (χ2v) is 8.59. The number of nitro groups is 1. The van der Waals surface area contributed by atoms with Crippen LogP contribution in [0.15, 0.2) is 47.4 Å². The van der Waals surface area contributed by atoms with Crippen LogP contribution in [0.25, 0.3) is 0 Å². The molecule has 0 fully saturated rings. The van der Waals surface area contributed by atoms with E-state index in [9.17, 15) is 18.5 Å². The molecule has 6 nitrogen and oxygen atoms in total. The maximum Gasteiger partial charge on any atom is 0.269 e. The number of thioether (sulfide) groups is 1. The van der Waals surface area contributed by atoms with E-state index in [-0.39, 0.29) is 17.1 Å². The fourth-order valence-electron chi connectivity index (χ4n) is 1.92. The summed E-state index contributed by atoms with van der Waals surface area (Å²) in [6.07, 6.45) is 0. The molecule has 0 bridgehead atoms. The minimum atomic E-state index is -3.70. The first-order valence-corrected chi connectivity index (χ1v) is 10.5. The van der Waals surface area contributed by atoms with Crippen LogP contribution in [0.3, 0.4) is 0 Å². The van der Waals surface area contributed by atoms with E-state index < -0.39 is 14.9 Å². The van der Waals surface area contributed by atoms with Crippen molar-refractivity contribution < 1.29 is 13.3 Å². The summed E-state index contributed by atoms with van der Waals surface area (Å²) < 4.78 is 26.7. The minimum Gasteiger partial charge on any atom is -0.258 e. The van der Waals surface area contributed by atoms with Crippen LogP contribution in [0.4, 0.5) is 5.69 Å². The van der Waals surface area contributed by atoms with Gasteiger partial charge in [-0.15, -0.1) is 0 Å². The topological polar surface area (TPSA) is 89.3 Å². The number of halogens is 2. The molecule has 0 aliphatic rings. The third kappa shape index (κ3) is 5.58. The van der Waals surface area contributed by atoms with Crippen LogP contribution < -0.4 is 4.72 Å². The highest BCUT2D eigenvalue weighted by molar-refractivity contribution is 7.98. The second kappa shape index (κ2) is 8.86. The fourth-order valence-corrected chi connectivity index (χ4v) is 4.68. The van der Waals surface area contributed by atoms with Crippen LogP contribution >= 0.6 is 35.0 Å². The zero-order valence-electron chi connectivity index (χ0n) is 12.8. The third-order valence-corrected chi connectivity index (χ3v) is 6.38. The molecule has 2 rings (SSSR count). The first-order chi connectivity index (χ1) is 11.8. The zero-order chi connectivity index (χ0) is 18.4. The Morgan fingerprint density at radius 2 is 1.68 bits per heavy atom. The van der Waals surface area contributed by atoms with Crippen LogP contribution in [0.2, 0.25) is 10.0 Å². The summed E-state index contributed by atoms with van der Waals surface area (Å²) in [5, 5.41) is 11.7. The molecule has 0 saturated heterocycles. The van der Waals surface area contributed by atoms with Crippen molar-refractivity contribution in [1.82, 2.24) is 4.72 Å². The lowest BCUT2D eigenvalue weighted by atomic mass is 10.2. The van der Waals surface area contributed by atoms with Crippen molar-refractivity contribution in [2.45, 2.75) is 10.6 Å². The standard InChI is InChI=1S/C15H14Cl2N2O4S2/c16-14-2-1-3-15(17)13(14)10-24-9-8-18-25(22,23)12-6-4-11(5-7-12)19(20)21/h1-7,18H,8-10H2. The average Bonchev–Trinajstić information content (AvgIpc) is 2.57. The molecule has 134 valence electrons. The Labute approximate surface area is 159 Å². The molecule has 10 heteroatoms. The molecule has 1 N–H and O–H groups in total. The van der Waals surface area contributed by atoms with Crippen molar-refractivity contribution in [3.05, 3.63) is 68.2 Å². The molecular weight excluding hydrogens is 407 g/mol. The van der Waals surface area contributed by atoms with Gasteiger partial charge < -0.3 is 0 Å². The smallest absolute Gasteiger partial charge is 0.258 e. The van der Waals surface area contributed by atoms with Crippen molar-refractivity contribution in [1.29, 1.82) is 0 Å². The van der Waals surface area contributed by atoms with Crippen LogP contribution in [-0.4, -0.2) is 25.6 Å². The maximum absolute atomic E-state index is 12.1. The molecular formula is C15H14Cl2N2O4S2. The summed E-state index contributed by atoms with van der Waals surface area (Å²) in [4.78, 5) is 9.99. The summed E-state index contributed by atoms with van der Waals surface area (Å²) in [7, 11) is -3.70. The summed E-state index contributed by atoms with van der Waals surface area (Å²) in [5.74, 6) is 1.09. The van der Waals surface area contributed by atoms with Crippen molar-refractivity contribution in [3.63, 3.8) is 0 Å². The number of sulfonamides is 1. The van der Waals surface area contributed by atoms with E-state index in [1.807, 2.05) is 0 Å².